The summed E-state index contributed by atoms with van der Waals surface area (Å²) in [4.78, 5) is 30.5. The van der Waals surface area contributed by atoms with Gasteiger partial charge in [-0.05, 0) is 19.1 Å². The van der Waals surface area contributed by atoms with Crippen LogP contribution in [0.1, 0.15) is 41.5 Å². The number of carbonyl (C=O) groups is 3. The molecule has 0 aromatic heterocycles. The van der Waals surface area contributed by atoms with Gasteiger partial charge in [-0.1, -0.05) is 62.4 Å². The summed E-state index contributed by atoms with van der Waals surface area (Å²) >= 11 is 0. The molecule has 0 amide bonds. The lowest BCUT2D eigenvalue weighted by atomic mass is 10.1. The monoisotopic (exact) mass is 300 g/mol. The molecule has 0 N–H and O–H groups in total. The first kappa shape index (κ1) is 19.2. The van der Waals surface area contributed by atoms with Crippen LogP contribution in [0.3, 0.4) is 0 Å². The van der Waals surface area contributed by atoms with Crippen molar-refractivity contribution in [1.82, 2.24) is 0 Å². The average molecular weight is 300 g/mol. The van der Waals surface area contributed by atoms with Gasteiger partial charge in [-0.25, -0.2) is 9.59 Å². The molecule has 22 heavy (non-hydrogen) atoms. The van der Waals surface area contributed by atoms with Gasteiger partial charge in [0.1, 0.15) is 6.29 Å². The molecule has 1 heterocycles. The summed E-state index contributed by atoms with van der Waals surface area (Å²) in [6, 6.07) is 18.5. The summed E-state index contributed by atoms with van der Waals surface area (Å²) in [6.07, 6.45) is 0.750. The van der Waals surface area contributed by atoms with Gasteiger partial charge in [0.25, 0.3) is 0 Å². The van der Waals surface area contributed by atoms with Crippen molar-refractivity contribution in [1.29, 1.82) is 0 Å². The van der Waals surface area contributed by atoms with Gasteiger partial charge in [0, 0.05) is 0 Å². The SMILES string of the molecule is CC.CC=O.O=C1OC(=O)c2ccccc21.c1ccccc1. The van der Waals surface area contributed by atoms with Gasteiger partial charge in [0.05, 0.1) is 11.1 Å². The van der Waals surface area contributed by atoms with Crippen LogP contribution in [0.4, 0.5) is 0 Å². The fraction of sp³-hybridized carbons (Fsp3) is 0.167. The van der Waals surface area contributed by atoms with Crippen molar-refractivity contribution in [2.75, 3.05) is 0 Å². The Kier molecular flexibility index (Phi) is 10.5. The maximum absolute atomic E-state index is 10.8. The number of fused-ring (bicyclic) bond motifs is 1. The number of hydrogen-bond donors (Lipinski definition) is 0. The molecule has 2 aromatic rings. The van der Waals surface area contributed by atoms with E-state index in [-0.39, 0.29) is 0 Å². The number of cyclic esters (lactones) is 2. The molecule has 2 aromatic carbocycles. The highest BCUT2D eigenvalue weighted by atomic mass is 16.6. The van der Waals surface area contributed by atoms with Crippen molar-refractivity contribution in [3.63, 3.8) is 0 Å². The summed E-state index contributed by atoms with van der Waals surface area (Å²) in [5, 5.41) is 0. The molecule has 3 rings (SSSR count). The highest BCUT2D eigenvalue weighted by Crippen LogP contribution is 2.18. The van der Waals surface area contributed by atoms with Crippen LogP contribution in [0, 0.1) is 0 Å². The van der Waals surface area contributed by atoms with Crippen molar-refractivity contribution < 1.29 is 19.1 Å². The first-order valence-corrected chi connectivity index (χ1v) is 6.96. The molecule has 1 aliphatic rings. The summed E-state index contributed by atoms with van der Waals surface area (Å²) in [5.41, 5.74) is 0.718. The van der Waals surface area contributed by atoms with Crippen LogP contribution in [-0.2, 0) is 9.53 Å². The van der Waals surface area contributed by atoms with Crippen LogP contribution in [0.25, 0.3) is 0 Å². The Morgan fingerprint density at radius 3 is 1.27 bits per heavy atom. The smallest absolute Gasteiger partial charge is 0.346 e. The largest absolute Gasteiger partial charge is 0.386 e. The molecular formula is C18H20O4. The lowest BCUT2D eigenvalue weighted by Gasteiger charge is -1.86. The van der Waals surface area contributed by atoms with Crippen molar-refractivity contribution >= 4 is 18.2 Å². The number of esters is 2. The van der Waals surface area contributed by atoms with Crippen molar-refractivity contribution in [2.45, 2.75) is 20.8 Å². The van der Waals surface area contributed by atoms with E-state index in [1.165, 1.54) is 6.92 Å². The quantitative estimate of drug-likeness (QED) is 0.420. The molecule has 0 saturated carbocycles. The van der Waals surface area contributed by atoms with Gasteiger partial charge < -0.3 is 9.53 Å². The highest BCUT2D eigenvalue weighted by molar-refractivity contribution is 6.14. The molecule has 0 atom stereocenters. The summed E-state index contributed by atoms with van der Waals surface area (Å²) in [6.45, 7) is 5.44. The van der Waals surface area contributed by atoms with E-state index in [0.717, 1.165) is 6.29 Å². The van der Waals surface area contributed by atoms with E-state index in [2.05, 4.69) is 4.74 Å². The normalized spacial score (nSPS) is 10.3. The molecule has 0 unspecified atom stereocenters. The Morgan fingerprint density at radius 2 is 1.00 bits per heavy atom. The molecule has 0 radical (unpaired) electrons. The van der Waals surface area contributed by atoms with E-state index in [1.54, 1.807) is 24.3 Å². The van der Waals surface area contributed by atoms with Gasteiger partial charge in [-0.2, -0.15) is 0 Å². The Bertz CT molecular complexity index is 517. The van der Waals surface area contributed by atoms with Crippen molar-refractivity contribution in [3.05, 3.63) is 71.8 Å². The minimum atomic E-state index is -0.550. The third kappa shape index (κ3) is 6.61. The van der Waals surface area contributed by atoms with Crippen LogP contribution in [0.2, 0.25) is 0 Å². The number of ether oxygens (including phenoxy) is 1. The molecule has 0 spiro atoms. The zero-order valence-electron chi connectivity index (χ0n) is 13.0. The maximum Gasteiger partial charge on any atom is 0.346 e. The number of benzene rings is 2. The van der Waals surface area contributed by atoms with Crippen LogP contribution >= 0.6 is 0 Å². The van der Waals surface area contributed by atoms with Crippen LogP contribution in [-0.4, -0.2) is 18.2 Å². The van der Waals surface area contributed by atoms with E-state index >= 15 is 0 Å². The number of aldehydes is 1. The molecule has 4 nitrogen and oxygen atoms in total. The fourth-order valence-corrected chi connectivity index (χ4v) is 1.42. The number of carbonyl (C=O) groups excluding carboxylic acids is 3. The number of hydrogen-bond acceptors (Lipinski definition) is 4. The second-order valence-corrected chi connectivity index (χ2v) is 3.61. The van der Waals surface area contributed by atoms with Gasteiger partial charge in [-0.15, -0.1) is 0 Å². The first-order valence-electron chi connectivity index (χ1n) is 6.96. The number of rotatable bonds is 0. The van der Waals surface area contributed by atoms with E-state index in [9.17, 15) is 9.59 Å². The standard InChI is InChI=1S/C8H4O3.C6H6.C2H4O.C2H6/c9-7-5-3-1-2-4-6(5)8(10)11-7;1-2-4-6-5-3-1;1-2-3;1-2/h1-4H;1-6H;2H,1H3;1-2H3. The molecule has 0 bridgehead atoms. The third-order valence-electron chi connectivity index (χ3n) is 2.22. The van der Waals surface area contributed by atoms with Gasteiger partial charge >= 0.3 is 11.9 Å². The Hall–Kier alpha value is -2.75. The molecule has 116 valence electrons. The Morgan fingerprint density at radius 1 is 0.727 bits per heavy atom. The molecule has 4 heteroatoms. The first-order chi connectivity index (χ1) is 10.7. The van der Waals surface area contributed by atoms with Crippen LogP contribution < -0.4 is 0 Å². The second kappa shape index (κ2) is 12.0. The second-order valence-electron chi connectivity index (χ2n) is 3.61. The molecule has 0 fully saturated rings. The highest BCUT2D eigenvalue weighted by Gasteiger charge is 2.28. The van der Waals surface area contributed by atoms with Crippen LogP contribution in [0.5, 0.6) is 0 Å². The molecule has 1 aliphatic heterocycles. The zero-order valence-corrected chi connectivity index (χ0v) is 13.0. The minimum absolute atomic E-state index is 0.359. The van der Waals surface area contributed by atoms with Crippen molar-refractivity contribution in [2.24, 2.45) is 0 Å². The van der Waals surface area contributed by atoms with Gasteiger partial charge in [-0.3, -0.25) is 0 Å². The fourth-order valence-electron chi connectivity index (χ4n) is 1.42. The summed E-state index contributed by atoms with van der Waals surface area (Å²) in [5.74, 6) is -1.10. The zero-order chi connectivity index (χ0) is 16.8. The van der Waals surface area contributed by atoms with Gasteiger partial charge in [0.15, 0.2) is 0 Å². The molecular weight excluding hydrogens is 280 g/mol. The molecule has 0 saturated heterocycles. The van der Waals surface area contributed by atoms with E-state index < -0.39 is 11.9 Å². The van der Waals surface area contributed by atoms with E-state index in [4.69, 9.17) is 4.79 Å². The summed E-state index contributed by atoms with van der Waals surface area (Å²) in [7, 11) is 0. The van der Waals surface area contributed by atoms with Gasteiger partial charge in [0.2, 0.25) is 0 Å². The summed E-state index contributed by atoms with van der Waals surface area (Å²) < 4.78 is 4.35. The third-order valence-corrected chi connectivity index (χ3v) is 2.22. The predicted octanol–water partition coefficient (Wildman–Crippen LogP) is 3.92. The lowest BCUT2D eigenvalue weighted by Crippen LogP contribution is -1.96. The average Bonchev–Trinajstić information content (AvgIpc) is 2.88. The predicted molar refractivity (Wildman–Crippen MR) is 85.7 cm³/mol. The Labute approximate surface area is 130 Å². The van der Waals surface area contributed by atoms with Crippen molar-refractivity contribution in [3.8, 4) is 0 Å². The maximum atomic E-state index is 10.8. The Balaban J connectivity index is 0.000000340. The molecule has 0 aliphatic carbocycles. The van der Waals surface area contributed by atoms with E-state index in [0.29, 0.717) is 11.1 Å². The van der Waals surface area contributed by atoms with Crippen LogP contribution in [0.15, 0.2) is 60.7 Å². The lowest BCUT2D eigenvalue weighted by molar-refractivity contribution is -0.106. The topological polar surface area (TPSA) is 60.4 Å². The van der Waals surface area contributed by atoms with E-state index in [1.807, 2.05) is 50.2 Å². The minimum Gasteiger partial charge on any atom is -0.386 e.